The van der Waals surface area contributed by atoms with Crippen molar-refractivity contribution in [1.82, 2.24) is 15.5 Å². The summed E-state index contributed by atoms with van der Waals surface area (Å²) >= 11 is 1.36. The average molecular weight is 402 g/mol. The van der Waals surface area contributed by atoms with E-state index in [9.17, 15) is 9.59 Å². The lowest BCUT2D eigenvalue weighted by molar-refractivity contribution is -0.122. The molecule has 150 valence electrons. The number of likely N-dealkylation sites (tertiary alicyclic amines) is 1. The van der Waals surface area contributed by atoms with Crippen LogP contribution in [0.15, 0.2) is 41.8 Å². The van der Waals surface area contributed by atoms with Crippen molar-refractivity contribution in [2.75, 3.05) is 26.7 Å². The van der Waals surface area contributed by atoms with Gasteiger partial charge in [0.05, 0.1) is 18.0 Å². The number of methoxy groups -OCH3 is 1. The van der Waals surface area contributed by atoms with Crippen molar-refractivity contribution in [3.05, 3.63) is 52.2 Å². The summed E-state index contributed by atoms with van der Waals surface area (Å²) in [5.41, 5.74) is 1.15. The van der Waals surface area contributed by atoms with Gasteiger partial charge in [0.25, 0.3) is 5.91 Å². The number of amides is 2. The van der Waals surface area contributed by atoms with E-state index in [-0.39, 0.29) is 17.9 Å². The minimum Gasteiger partial charge on any atom is -0.497 e. The van der Waals surface area contributed by atoms with Crippen LogP contribution in [0.25, 0.3) is 0 Å². The first-order chi connectivity index (χ1) is 13.6. The Balaban J connectivity index is 1.60. The third kappa shape index (κ3) is 5.11. The van der Waals surface area contributed by atoms with E-state index in [2.05, 4.69) is 27.7 Å². The van der Waals surface area contributed by atoms with Crippen molar-refractivity contribution in [2.24, 2.45) is 0 Å². The van der Waals surface area contributed by atoms with E-state index < -0.39 is 6.04 Å². The van der Waals surface area contributed by atoms with Crippen LogP contribution < -0.4 is 15.4 Å². The third-order valence-electron chi connectivity index (χ3n) is 5.04. The fraction of sp³-hybridized carbons (Fsp3) is 0.429. The molecule has 1 aliphatic heterocycles. The highest BCUT2D eigenvalue weighted by Gasteiger charge is 2.25. The maximum Gasteiger partial charge on any atom is 0.261 e. The Morgan fingerprint density at radius 1 is 1.18 bits per heavy atom. The summed E-state index contributed by atoms with van der Waals surface area (Å²) in [5.74, 6) is 0.421. The zero-order valence-electron chi connectivity index (χ0n) is 16.3. The standard InChI is InChI=1S/C21H27N3O3S/c1-15(23-21(26)19-6-5-13-28-19)20(25)22-14-18(24-11-3-4-12-24)16-7-9-17(27-2)10-8-16/h5-10,13,15,18H,3-4,11-12,14H2,1-2H3,(H,22,25)(H,23,26). The van der Waals surface area contributed by atoms with Gasteiger partial charge in [0.1, 0.15) is 11.8 Å². The molecule has 2 heterocycles. The van der Waals surface area contributed by atoms with Crippen LogP contribution in [-0.4, -0.2) is 49.5 Å². The molecule has 1 saturated heterocycles. The van der Waals surface area contributed by atoms with Gasteiger partial charge in [-0.25, -0.2) is 0 Å². The molecule has 1 aromatic carbocycles. The van der Waals surface area contributed by atoms with Gasteiger partial charge in [-0.3, -0.25) is 14.5 Å². The van der Waals surface area contributed by atoms with Gasteiger partial charge in [-0.05, 0) is 62.0 Å². The lowest BCUT2D eigenvalue weighted by atomic mass is 10.0. The second-order valence-corrected chi connectivity index (χ2v) is 7.90. The summed E-state index contributed by atoms with van der Waals surface area (Å²) in [7, 11) is 1.65. The Kier molecular flexibility index (Phi) is 7.06. The zero-order valence-corrected chi connectivity index (χ0v) is 17.1. The first-order valence-corrected chi connectivity index (χ1v) is 10.5. The smallest absolute Gasteiger partial charge is 0.261 e. The molecule has 0 aliphatic carbocycles. The lowest BCUT2D eigenvalue weighted by Crippen LogP contribution is -2.47. The number of carbonyl (C=O) groups is 2. The normalized spacial score (nSPS) is 16.4. The molecule has 7 heteroatoms. The van der Waals surface area contributed by atoms with Crippen LogP contribution in [0, 0.1) is 0 Å². The molecule has 2 aromatic rings. The first kappa shape index (κ1) is 20.4. The largest absolute Gasteiger partial charge is 0.497 e. The molecule has 2 atom stereocenters. The van der Waals surface area contributed by atoms with Crippen molar-refractivity contribution in [2.45, 2.75) is 31.8 Å². The number of ether oxygens (including phenoxy) is 1. The Labute approximate surface area is 169 Å². The molecule has 28 heavy (non-hydrogen) atoms. The molecule has 0 spiro atoms. The molecule has 1 aliphatic rings. The van der Waals surface area contributed by atoms with E-state index in [0.717, 1.165) is 24.4 Å². The van der Waals surface area contributed by atoms with Gasteiger partial charge in [0, 0.05) is 6.54 Å². The summed E-state index contributed by atoms with van der Waals surface area (Å²) in [6.07, 6.45) is 2.35. The SMILES string of the molecule is COc1ccc(C(CNC(=O)C(C)NC(=O)c2cccs2)N2CCCC2)cc1. The van der Waals surface area contributed by atoms with Crippen LogP contribution >= 0.6 is 11.3 Å². The van der Waals surface area contributed by atoms with Crippen molar-refractivity contribution >= 4 is 23.2 Å². The van der Waals surface area contributed by atoms with Gasteiger partial charge in [-0.15, -0.1) is 11.3 Å². The number of hydrogen-bond donors (Lipinski definition) is 2. The van der Waals surface area contributed by atoms with Crippen molar-refractivity contribution < 1.29 is 14.3 Å². The number of nitrogens with zero attached hydrogens (tertiary/aromatic N) is 1. The Hall–Kier alpha value is -2.38. The first-order valence-electron chi connectivity index (χ1n) is 9.58. The summed E-state index contributed by atoms with van der Waals surface area (Å²) in [6, 6.07) is 11.1. The molecule has 0 radical (unpaired) electrons. The second kappa shape index (κ2) is 9.71. The number of thiophene rings is 1. The van der Waals surface area contributed by atoms with E-state index in [1.807, 2.05) is 23.6 Å². The Morgan fingerprint density at radius 2 is 1.89 bits per heavy atom. The molecular formula is C21H27N3O3S. The minimum atomic E-state index is -0.593. The van der Waals surface area contributed by atoms with Crippen molar-refractivity contribution in [3.8, 4) is 5.75 Å². The molecule has 0 bridgehead atoms. The molecule has 1 fully saturated rings. The zero-order chi connectivity index (χ0) is 19.9. The van der Waals surface area contributed by atoms with E-state index in [1.54, 1.807) is 20.1 Å². The van der Waals surface area contributed by atoms with Crippen LogP contribution in [0.5, 0.6) is 5.75 Å². The summed E-state index contributed by atoms with van der Waals surface area (Å²) in [4.78, 5) is 27.7. The average Bonchev–Trinajstić information content (AvgIpc) is 3.42. The van der Waals surface area contributed by atoms with Gasteiger partial charge >= 0.3 is 0 Å². The highest BCUT2D eigenvalue weighted by atomic mass is 32.1. The van der Waals surface area contributed by atoms with Gasteiger partial charge < -0.3 is 15.4 Å². The second-order valence-electron chi connectivity index (χ2n) is 6.95. The van der Waals surface area contributed by atoms with E-state index in [4.69, 9.17) is 4.74 Å². The Morgan fingerprint density at radius 3 is 2.50 bits per heavy atom. The molecule has 6 nitrogen and oxygen atoms in total. The van der Waals surface area contributed by atoms with E-state index >= 15 is 0 Å². The molecule has 2 N–H and O–H groups in total. The molecular weight excluding hydrogens is 374 g/mol. The van der Waals surface area contributed by atoms with E-state index in [1.165, 1.54) is 24.2 Å². The van der Waals surface area contributed by atoms with Gasteiger partial charge in [-0.2, -0.15) is 0 Å². The topological polar surface area (TPSA) is 70.7 Å². The molecule has 2 amide bonds. The highest BCUT2D eigenvalue weighted by molar-refractivity contribution is 7.12. The summed E-state index contributed by atoms with van der Waals surface area (Å²) in [6.45, 7) is 4.26. The number of rotatable bonds is 8. The minimum absolute atomic E-state index is 0.109. The fourth-order valence-electron chi connectivity index (χ4n) is 3.43. The van der Waals surface area contributed by atoms with Crippen LogP contribution in [0.4, 0.5) is 0 Å². The summed E-state index contributed by atoms with van der Waals surface area (Å²) in [5, 5.41) is 7.62. The van der Waals surface area contributed by atoms with Gasteiger partial charge in [0.2, 0.25) is 5.91 Å². The van der Waals surface area contributed by atoms with Gasteiger partial charge in [0.15, 0.2) is 0 Å². The molecule has 2 unspecified atom stereocenters. The quantitative estimate of drug-likeness (QED) is 0.714. The van der Waals surface area contributed by atoms with Crippen LogP contribution in [0.1, 0.15) is 41.0 Å². The number of hydrogen-bond acceptors (Lipinski definition) is 5. The van der Waals surface area contributed by atoms with E-state index in [0.29, 0.717) is 11.4 Å². The van der Waals surface area contributed by atoms with Crippen LogP contribution in [-0.2, 0) is 4.79 Å². The number of nitrogens with one attached hydrogen (secondary N) is 2. The summed E-state index contributed by atoms with van der Waals surface area (Å²) < 4.78 is 5.25. The third-order valence-corrected chi connectivity index (χ3v) is 5.91. The molecule has 1 aromatic heterocycles. The predicted molar refractivity (Wildman–Crippen MR) is 111 cm³/mol. The monoisotopic (exact) mass is 401 g/mol. The van der Waals surface area contributed by atoms with Crippen LogP contribution in [0.2, 0.25) is 0 Å². The maximum atomic E-state index is 12.5. The predicted octanol–water partition coefficient (Wildman–Crippen LogP) is 2.83. The maximum absolute atomic E-state index is 12.5. The van der Waals surface area contributed by atoms with Crippen molar-refractivity contribution in [1.29, 1.82) is 0 Å². The highest BCUT2D eigenvalue weighted by Crippen LogP contribution is 2.26. The molecule has 0 saturated carbocycles. The lowest BCUT2D eigenvalue weighted by Gasteiger charge is -2.29. The van der Waals surface area contributed by atoms with Crippen LogP contribution in [0.3, 0.4) is 0 Å². The number of carbonyl (C=O) groups excluding carboxylic acids is 2. The fourth-order valence-corrected chi connectivity index (χ4v) is 4.06. The Bertz CT molecular complexity index is 771. The molecule has 3 rings (SSSR count). The van der Waals surface area contributed by atoms with Gasteiger partial charge in [-0.1, -0.05) is 18.2 Å². The number of benzene rings is 1. The van der Waals surface area contributed by atoms with Crippen molar-refractivity contribution in [3.63, 3.8) is 0 Å².